The maximum Gasteiger partial charge on any atom is 0.283 e. The van der Waals surface area contributed by atoms with Crippen molar-refractivity contribution in [2.24, 2.45) is 0 Å². The molecule has 0 fully saturated rings. The number of anilines is 2. The quantitative estimate of drug-likeness (QED) is 0.690. The SMILES string of the molecule is Cc1cc(N(C)C)ccc1NC(=O)c1cc([N+](=O)[O-])c(C)s1. The summed E-state index contributed by atoms with van der Waals surface area (Å²) in [6, 6.07) is 7.03. The maximum atomic E-state index is 12.2. The Morgan fingerprint density at radius 3 is 2.45 bits per heavy atom. The second-order valence-electron chi connectivity index (χ2n) is 5.16. The number of hydrogen-bond acceptors (Lipinski definition) is 5. The van der Waals surface area contributed by atoms with Gasteiger partial charge in [-0.1, -0.05) is 0 Å². The van der Waals surface area contributed by atoms with Crippen LogP contribution in [0.5, 0.6) is 0 Å². The molecule has 1 N–H and O–H groups in total. The minimum atomic E-state index is -0.472. The summed E-state index contributed by atoms with van der Waals surface area (Å²) in [5.41, 5.74) is 2.65. The fourth-order valence-electron chi connectivity index (χ4n) is 2.02. The number of benzene rings is 1. The standard InChI is InChI=1S/C15H17N3O3S/c1-9-7-11(17(3)4)5-6-12(9)16-15(19)14-8-13(18(20)21)10(2)22-14/h5-8H,1-4H3,(H,16,19). The number of hydrogen-bond donors (Lipinski definition) is 1. The van der Waals surface area contributed by atoms with Crippen molar-refractivity contribution in [3.63, 3.8) is 0 Å². The molecule has 6 nitrogen and oxygen atoms in total. The number of nitrogens with one attached hydrogen (secondary N) is 1. The van der Waals surface area contributed by atoms with E-state index in [4.69, 9.17) is 0 Å². The smallest absolute Gasteiger partial charge is 0.283 e. The molecule has 2 aromatic rings. The Morgan fingerprint density at radius 2 is 1.95 bits per heavy atom. The largest absolute Gasteiger partial charge is 0.378 e. The zero-order chi connectivity index (χ0) is 16.4. The molecule has 2 rings (SSSR count). The van der Waals surface area contributed by atoms with Crippen LogP contribution in [0.3, 0.4) is 0 Å². The zero-order valence-corrected chi connectivity index (χ0v) is 13.7. The summed E-state index contributed by atoms with van der Waals surface area (Å²) in [5.74, 6) is -0.332. The van der Waals surface area contributed by atoms with Crippen LogP contribution in [0.4, 0.5) is 17.1 Å². The normalized spacial score (nSPS) is 10.4. The van der Waals surface area contributed by atoms with Crippen molar-refractivity contribution in [1.82, 2.24) is 0 Å². The van der Waals surface area contributed by atoms with E-state index in [1.807, 2.05) is 44.1 Å². The molecule has 1 amide bonds. The molecule has 0 saturated carbocycles. The van der Waals surface area contributed by atoms with Gasteiger partial charge in [0, 0.05) is 31.5 Å². The topological polar surface area (TPSA) is 75.5 Å². The molecule has 0 unspecified atom stereocenters. The number of amides is 1. The summed E-state index contributed by atoms with van der Waals surface area (Å²) in [5, 5.41) is 13.6. The van der Waals surface area contributed by atoms with Gasteiger partial charge in [0.1, 0.15) is 0 Å². The van der Waals surface area contributed by atoms with Gasteiger partial charge in [0.25, 0.3) is 11.6 Å². The van der Waals surface area contributed by atoms with E-state index in [1.165, 1.54) is 6.07 Å². The van der Waals surface area contributed by atoms with E-state index in [0.717, 1.165) is 22.6 Å². The summed E-state index contributed by atoms with van der Waals surface area (Å²) >= 11 is 1.12. The van der Waals surface area contributed by atoms with Gasteiger partial charge < -0.3 is 10.2 Å². The molecule has 7 heteroatoms. The van der Waals surface area contributed by atoms with E-state index in [-0.39, 0.29) is 11.6 Å². The second kappa shape index (κ2) is 6.15. The van der Waals surface area contributed by atoms with Crippen LogP contribution in [0, 0.1) is 24.0 Å². The number of rotatable bonds is 4. The number of carbonyl (C=O) groups excluding carboxylic acids is 1. The maximum absolute atomic E-state index is 12.2. The van der Waals surface area contributed by atoms with E-state index in [9.17, 15) is 14.9 Å². The van der Waals surface area contributed by atoms with Crippen LogP contribution < -0.4 is 10.2 Å². The third kappa shape index (κ3) is 3.25. The minimum Gasteiger partial charge on any atom is -0.378 e. The van der Waals surface area contributed by atoms with Crippen LogP contribution in [0.15, 0.2) is 24.3 Å². The van der Waals surface area contributed by atoms with E-state index in [2.05, 4.69) is 5.32 Å². The fraction of sp³-hybridized carbons (Fsp3) is 0.267. The lowest BCUT2D eigenvalue weighted by Gasteiger charge is -2.15. The second-order valence-corrected chi connectivity index (χ2v) is 6.41. The van der Waals surface area contributed by atoms with E-state index >= 15 is 0 Å². The van der Waals surface area contributed by atoms with E-state index in [1.54, 1.807) is 6.92 Å². The predicted molar refractivity (Wildman–Crippen MR) is 89.2 cm³/mol. The van der Waals surface area contributed by atoms with Crippen molar-refractivity contribution in [1.29, 1.82) is 0 Å². The highest BCUT2D eigenvalue weighted by Gasteiger charge is 2.19. The van der Waals surface area contributed by atoms with Crippen LogP contribution in [-0.4, -0.2) is 24.9 Å². The van der Waals surface area contributed by atoms with Crippen molar-refractivity contribution in [2.45, 2.75) is 13.8 Å². The Hall–Kier alpha value is -2.41. The molecular weight excluding hydrogens is 302 g/mol. The minimum absolute atomic E-state index is 0.0187. The van der Waals surface area contributed by atoms with Gasteiger partial charge in [-0.2, -0.15) is 0 Å². The Bertz CT molecular complexity index is 738. The highest BCUT2D eigenvalue weighted by Crippen LogP contribution is 2.29. The Morgan fingerprint density at radius 1 is 1.27 bits per heavy atom. The number of aryl methyl sites for hydroxylation is 2. The molecule has 1 aromatic heterocycles. The van der Waals surface area contributed by atoms with Crippen LogP contribution in [0.2, 0.25) is 0 Å². The van der Waals surface area contributed by atoms with Gasteiger partial charge in [0.15, 0.2) is 0 Å². The molecule has 0 aliphatic heterocycles. The van der Waals surface area contributed by atoms with E-state index in [0.29, 0.717) is 15.4 Å². The average molecular weight is 319 g/mol. The summed E-state index contributed by atoms with van der Waals surface area (Å²) in [7, 11) is 3.89. The molecule has 1 heterocycles. The molecule has 0 saturated heterocycles. The Kier molecular flexibility index (Phi) is 4.46. The van der Waals surface area contributed by atoms with Crippen LogP contribution in [0.25, 0.3) is 0 Å². The van der Waals surface area contributed by atoms with Crippen molar-refractivity contribution in [3.05, 3.63) is 49.7 Å². The highest BCUT2D eigenvalue weighted by molar-refractivity contribution is 7.14. The van der Waals surface area contributed by atoms with Crippen molar-refractivity contribution in [3.8, 4) is 0 Å². The van der Waals surface area contributed by atoms with Gasteiger partial charge in [-0.05, 0) is 37.6 Å². The first kappa shape index (κ1) is 16.0. The molecule has 0 bridgehead atoms. The van der Waals surface area contributed by atoms with Crippen molar-refractivity contribution >= 4 is 34.3 Å². The molecule has 1 aromatic carbocycles. The fourth-order valence-corrected chi connectivity index (χ4v) is 2.90. The molecular formula is C15H17N3O3S. The number of thiophene rings is 1. The molecule has 0 atom stereocenters. The summed E-state index contributed by atoms with van der Waals surface area (Å²) in [6.45, 7) is 3.54. The average Bonchev–Trinajstić information content (AvgIpc) is 2.83. The van der Waals surface area contributed by atoms with Gasteiger partial charge in [-0.25, -0.2) is 0 Å². The zero-order valence-electron chi connectivity index (χ0n) is 12.8. The number of carbonyl (C=O) groups is 1. The van der Waals surface area contributed by atoms with Gasteiger partial charge in [0.05, 0.1) is 14.7 Å². The lowest BCUT2D eigenvalue weighted by Crippen LogP contribution is -2.12. The molecule has 116 valence electrons. The number of nitrogens with zero attached hydrogens (tertiary/aromatic N) is 2. The molecule has 0 radical (unpaired) electrons. The molecule has 22 heavy (non-hydrogen) atoms. The van der Waals surface area contributed by atoms with Gasteiger partial charge >= 0.3 is 0 Å². The molecule has 0 aliphatic rings. The third-order valence-corrected chi connectivity index (χ3v) is 4.33. The summed E-state index contributed by atoms with van der Waals surface area (Å²) in [6.07, 6.45) is 0. The first-order valence-corrected chi connectivity index (χ1v) is 7.45. The molecule has 0 spiro atoms. The Balaban J connectivity index is 2.22. The third-order valence-electron chi connectivity index (χ3n) is 3.29. The monoisotopic (exact) mass is 319 g/mol. The van der Waals surface area contributed by atoms with Crippen molar-refractivity contribution < 1.29 is 9.72 Å². The van der Waals surface area contributed by atoms with Gasteiger partial charge in [0.2, 0.25) is 0 Å². The van der Waals surface area contributed by atoms with Crippen LogP contribution in [-0.2, 0) is 0 Å². The lowest BCUT2D eigenvalue weighted by molar-refractivity contribution is -0.385. The molecule has 0 aliphatic carbocycles. The lowest BCUT2D eigenvalue weighted by atomic mass is 10.1. The highest BCUT2D eigenvalue weighted by atomic mass is 32.1. The number of nitro groups is 1. The predicted octanol–water partition coefficient (Wildman–Crippen LogP) is 3.59. The van der Waals surface area contributed by atoms with E-state index < -0.39 is 4.92 Å². The Labute approximate surface area is 132 Å². The van der Waals surface area contributed by atoms with Gasteiger partial charge in [-0.15, -0.1) is 11.3 Å². The van der Waals surface area contributed by atoms with Gasteiger partial charge in [-0.3, -0.25) is 14.9 Å². The summed E-state index contributed by atoms with van der Waals surface area (Å²) < 4.78 is 0. The van der Waals surface area contributed by atoms with Crippen molar-refractivity contribution in [2.75, 3.05) is 24.3 Å². The first-order valence-electron chi connectivity index (χ1n) is 6.63. The summed E-state index contributed by atoms with van der Waals surface area (Å²) in [4.78, 5) is 25.4. The van der Waals surface area contributed by atoms with Crippen LogP contribution in [0.1, 0.15) is 20.1 Å². The first-order chi connectivity index (χ1) is 10.3. The van der Waals surface area contributed by atoms with Crippen LogP contribution >= 0.6 is 11.3 Å².